The van der Waals surface area contributed by atoms with Gasteiger partial charge in [-0.3, -0.25) is 14.4 Å². The van der Waals surface area contributed by atoms with Crippen LogP contribution in [-0.2, 0) is 9.53 Å². The largest absolute Gasteiger partial charge is 0.497 e. The van der Waals surface area contributed by atoms with Crippen LogP contribution in [0, 0.1) is 0 Å². The molecule has 9 heteroatoms. The van der Waals surface area contributed by atoms with Gasteiger partial charge in [0.15, 0.2) is 5.69 Å². The van der Waals surface area contributed by atoms with Crippen LogP contribution in [-0.4, -0.2) is 54.5 Å². The van der Waals surface area contributed by atoms with E-state index < -0.39 is 5.91 Å². The Balaban J connectivity index is 1.56. The molecule has 4 rings (SSSR count). The van der Waals surface area contributed by atoms with Crippen LogP contribution >= 0.6 is 0 Å². The average Bonchev–Trinajstić information content (AvgIpc) is 3.35. The molecule has 1 aliphatic heterocycles. The van der Waals surface area contributed by atoms with Crippen molar-refractivity contribution < 1.29 is 19.1 Å². The number of hydrogen-bond donors (Lipinski definition) is 2. The van der Waals surface area contributed by atoms with Crippen molar-refractivity contribution in [2.24, 2.45) is 0 Å². The fourth-order valence-corrected chi connectivity index (χ4v) is 3.60. The number of benzene rings is 2. The zero-order chi connectivity index (χ0) is 22.5. The average molecular weight is 436 g/mol. The molecule has 2 heterocycles. The molecule has 1 saturated heterocycles. The summed E-state index contributed by atoms with van der Waals surface area (Å²) in [4.78, 5) is 38.0. The summed E-state index contributed by atoms with van der Waals surface area (Å²) in [6, 6.07) is 13.5. The minimum Gasteiger partial charge on any atom is -0.497 e. The van der Waals surface area contributed by atoms with Gasteiger partial charge >= 0.3 is 0 Å². The van der Waals surface area contributed by atoms with Gasteiger partial charge in [-0.1, -0.05) is 18.2 Å². The third-order valence-corrected chi connectivity index (χ3v) is 5.30. The van der Waals surface area contributed by atoms with Gasteiger partial charge in [-0.05, 0) is 43.2 Å². The van der Waals surface area contributed by atoms with E-state index in [1.54, 1.807) is 55.6 Å². The molecule has 2 amide bonds. The van der Waals surface area contributed by atoms with Crippen molar-refractivity contribution in [2.75, 3.05) is 26.8 Å². The van der Waals surface area contributed by atoms with Crippen LogP contribution < -0.4 is 20.9 Å². The number of ether oxygens (including phenoxy) is 2. The van der Waals surface area contributed by atoms with Gasteiger partial charge in [-0.15, -0.1) is 0 Å². The molecule has 0 aliphatic carbocycles. The number of aromatic nitrogens is 2. The molecule has 0 spiro atoms. The van der Waals surface area contributed by atoms with Crippen LogP contribution in [0.4, 0.5) is 0 Å². The Morgan fingerprint density at radius 1 is 1.12 bits per heavy atom. The summed E-state index contributed by atoms with van der Waals surface area (Å²) >= 11 is 0. The molecule has 1 fully saturated rings. The topological polar surface area (TPSA) is 112 Å². The van der Waals surface area contributed by atoms with Crippen LogP contribution in [0.25, 0.3) is 16.5 Å². The van der Waals surface area contributed by atoms with E-state index in [4.69, 9.17) is 9.47 Å². The van der Waals surface area contributed by atoms with Crippen molar-refractivity contribution in [3.05, 3.63) is 64.6 Å². The van der Waals surface area contributed by atoms with Crippen molar-refractivity contribution in [1.29, 1.82) is 0 Å². The number of nitrogens with one attached hydrogen (secondary N) is 2. The maximum atomic E-state index is 13.0. The first-order chi connectivity index (χ1) is 15.6. The highest BCUT2D eigenvalue weighted by atomic mass is 16.5. The van der Waals surface area contributed by atoms with Gasteiger partial charge < -0.3 is 20.1 Å². The second kappa shape index (κ2) is 9.61. The van der Waals surface area contributed by atoms with E-state index >= 15 is 0 Å². The fraction of sp³-hybridized carbons (Fsp3) is 0.304. The van der Waals surface area contributed by atoms with Crippen LogP contribution in [0.3, 0.4) is 0 Å². The number of fused-ring (bicyclic) bond motifs is 1. The van der Waals surface area contributed by atoms with Gasteiger partial charge in [0.25, 0.3) is 11.5 Å². The Morgan fingerprint density at radius 2 is 1.88 bits per heavy atom. The number of carbonyl (C=O) groups is 2. The first kappa shape index (κ1) is 21.5. The third kappa shape index (κ3) is 4.62. The summed E-state index contributed by atoms with van der Waals surface area (Å²) in [5.41, 5.74) is 0.199. The number of methoxy groups -OCH3 is 1. The third-order valence-electron chi connectivity index (χ3n) is 5.30. The summed E-state index contributed by atoms with van der Waals surface area (Å²) in [5, 5.41) is 10.4. The lowest BCUT2D eigenvalue weighted by atomic mass is 10.1. The second-order valence-corrected chi connectivity index (χ2v) is 7.43. The summed E-state index contributed by atoms with van der Waals surface area (Å²) in [7, 11) is 1.55. The first-order valence-corrected chi connectivity index (χ1v) is 10.4. The standard InChI is InChI=1S/C23H24N4O5/c1-31-16-10-8-15(9-11-16)27-23(30)19-7-3-2-6-18(19)21(26-27)22(29)25-14-20(28)24-13-17-5-4-12-32-17/h2-3,6-11,17H,4-5,12-14H2,1H3,(H,24,28)(H,25,29)/t17-/m1/s1. The van der Waals surface area contributed by atoms with Crippen molar-refractivity contribution in [1.82, 2.24) is 20.4 Å². The highest BCUT2D eigenvalue weighted by Crippen LogP contribution is 2.17. The van der Waals surface area contributed by atoms with Crippen molar-refractivity contribution in [3.63, 3.8) is 0 Å². The summed E-state index contributed by atoms with van der Waals surface area (Å²) < 4.78 is 11.8. The van der Waals surface area contributed by atoms with Crippen molar-refractivity contribution in [3.8, 4) is 11.4 Å². The van der Waals surface area contributed by atoms with Gasteiger partial charge in [0, 0.05) is 18.5 Å². The monoisotopic (exact) mass is 436 g/mol. The van der Waals surface area contributed by atoms with Gasteiger partial charge in [-0.2, -0.15) is 9.78 Å². The Hall–Kier alpha value is -3.72. The number of amides is 2. The molecule has 32 heavy (non-hydrogen) atoms. The highest BCUT2D eigenvalue weighted by Gasteiger charge is 2.19. The second-order valence-electron chi connectivity index (χ2n) is 7.43. The minimum atomic E-state index is -0.546. The number of rotatable bonds is 7. The highest BCUT2D eigenvalue weighted by molar-refractivity contribution is 6.05. The van der Waals surface area contributed by atoms with E-state index in [0.29, 0.717) is 35.4 Å². The summed E-state index contributed by atoms with van der Waals surface area (Å²) in [6.07, 6.45) is 1.92. The maximum Gasteiger partial charge on any atom is 0.279 e. The molecule has 0 unspecified atom stereocenters. The normalized spacial score (nSPS) is 15.5. The van der Waals surface area contributed by atoms with Gasteiger partial charge in [0.05, 0.1) is 30.8 Å². The van der Waals surface area contributed by atoms with E-state index in [2.05, 4.69) is 15.7 Å². The molecule has 3 aromatic rings. The smallest absolute Gasteiger partial charge is 0.279 e. The van der Waals surface area contributed by atoms with Crippen molar-refractivity contribution >= 4 is 22.6 Å². The molecule has 0 radical (unpaired) electrons. The van der Waals surface area contributed by atoms with Gasteiger partial charge in [-0.25, -0.2) is 0 Å². The van der Waals surface area contributed by atoms with Crippen LogP contribution in [0.15, 0.2) is 53.3 Å². The van der Waals surface area contributed by atoms with E-state index in [1.165, 1.54) is 4.68 Å². The molecular formula is C23H24N4O5. The van der Waals surface area contributed by atoms with E-state index in [1.807, 2.05) is 0 Å². The molecule has 2 N–H and O–H groups in total. The Labute approximate surface area is 184 Å². The molecule has 166 valence electrons. The van der Waals surface area contributed by atoms with E-state index in [-0.39, 0.29) is 29.8 Å². The molecule has 9 nitrogen and oxygen atoms in total. The van der Waals surface area contributed by atoms with Crippen LogP contribution in [0.2, 0.25) is 0 Å². The molecule has 0 saturated carbocycles. The molecule has 0 bridgehead atoms. The predicted molar refractivity (Wildman–Crippen MR) is 118 cm³/mol. The van der Waals surface area contributed by atoms with Gasteiger partial charge in [0.1, 0.15) is 5.75 Å². The molecular weight excluding hydrogens is 412 g/mol. The number of hydrogen-bond acceptors (Lipinski definition) is 6. The van der Waals surface area contributed by atoms with Gasteiger partial charge in [0.2, 0.25) is 5.91 Å². The number of nitrogens with zero attached hydrogens (tertiary/aromatic N) is 2. The van der Waals surface area contributed by atoms with Crippen molar-refractivity contribution in [2.45, 2.75) is 18.9 Å². The van der Waals surface area contributed by atoms with Crippen LogP contribution in [0.1, 0.15) is 23.3 Å². The van der Waals surface area contributed by atoms with Crippen LogP contribution in [0.5, 0.6) is 5.75 Å². The zero-order valence-electron chi connectivity index (χ0n) is 17.7. The fourth-order valence-electron chi connectivity index (χ4n) is 3.60. The predicted octanol–water partition coefficient (Wildman–Crippen LogP) is 1.42. The molecule has 2 aromatic carbocycles. The lowest BCUT2D eigenvalue weighted by molar-refractivity contribution is -0.120. The molecule has 1 atom stereocenters. The SMILES string of the molecule is COc1ccc(-n2nc(C(=O)NCC(=O)NC[C@H]3CCCO3)c3ccccc3c2=O)cc1. The summed E-state index contributed by atoms with van der Waals surface area (Å²) in [5.74, 6) is -0.230. The van der Waals surface area contributed by atoms with E-state index in [0.717, 1.165) is 12.8 Å². The molecule has 1 aliphatic rings. The van der Waals surface area contributed by atoms with E-state index in [9.17, 15) is 14.4 Å². The lowest BCUT2D eigenvalue weighted by Gasteiger charge is -2.13. The molecule has 1 aromatic heterocycles. The quantitative estimate of drug-likeness (QED) is 0.580. The Kier molecular flexibility index (Phi) is 6.46. The first-order valence-electron chi connectivity index (χ1n) is 10.4. The zero-order valence-corrected chi connectivity index (χ0v) is 17.7. The number of carbonyl (C=O) groups excluding carboxylic acids is 2. The Bertz CT molecular complexity index is 1180. The maximum absolute atomic E-state index is 13.0. The lowest BCUT2D eigenvalue weighted by Crippen LogP contribution is -2.40. The minimum absolute atomic E-state index is 0.0216. The summed E-state index contributed by atoms with van der Waals surface area (Å²) in [6.45, 7) is 0.918. The Morgan fingerprint density at radius 3 is 2.56 bits per heavy atom.